The molecule has 0 unspecified atom stereocenters. The van der Waals surface area contributed by atoms with Gasteiger partial charge >= 0.3 is 0 Å². The Hall–Kier alpha value is -1.65. The lowest BCUT2D eigenvalue weighted by Crippen LogP contribution is -2.16. The molecule has 0 spiro atoms. The number of anilines is 1. The van der Waals surface area contributed by atoms with Gasteiger partial charge in [-0.1, -0.05) is 36.6 Å². The minimum Gasteiger partial charge on any atom is -0.367 e. The van der Waals surface area contributed by atoms with E-state index in [0.717, 1.165) is 21.6 Å². The molecule has 1 N–H and O–H groups in total. The molecule has 0 amide bonds. The normalized spacial score (nSPS) is 15.5. The Labute approximate surface area is 138 Å². The molecule has 1 aliphatic carbocycles. The topological polar surface area (TPSA) is 37.8 Å². The molecule has 5 heteroatoms. The first-order valence-corrected chi connectivity index (χ1v) is 8.84. The van der Waals surface area contributed by atoms with Crippen molar-refractivity contribution in [2.45, 2.75) is 31.7 Å². The summed E-state index contributed by atoms with van der Waals surface area (Å²) in [7, 11) is 0. The fraction of sp³-hybridized carbons (Fsp3) is 0.294. The lowest BCUT2D eigenvalue weighted by atomic mass is 10.2. The standard InChI is InChI=1S/C17H16ClN3S/c18-13-9-10-22-15(13)17-20-14-8-4-3-7-12(14)16(21-17)19-11-5-1-2-6-11/h3-4,7-11H,1-2,5-6H2,(H,19,20,21). The number of para-hydroxylation sites is 1. The number of halogens is 1. The van der Waals surface area contributed by atoms with Gasteiger partial charge in [-0.3, -0.25) is 0 Å². The van der Waals surface area contributed by atoms with Crippen LogP contribution in [0.15, 0.2) is 35.7 Å². The molecule has 2 aromatic heterocycles. The van der Waals surface area contributed by atoms with Crippen LogP contribution in [0.2, 0.25) is 5.02 Å². The molecule has 112 valence electrons. The van der Waals surface area contributed by atoms with Crippen molar-refractivity contribution < 1.29 is 0 Å². The maximum Gasteiger partial charge on any atom is 0.173 e. The third-order valence-electron chi connectivity index (χ3n) is 4.12. The van der Waals surface area contributed by atoms with Gasteiger partial charge in [-0.05, 0) is 36.4 Å². The highest BCUT2D eigenvalue weighted by atomic mass is 35.5. The number of fused-ring (bicyclic) bond motifs is 1. The molecule has 1 aromatic carbocycles. The summed E-state index contributed by atoms with van der Waals surface area (Å²) in [5, 5.41) is 7.38. The van der Waals surface area contributed by atoms with Crippen LogP contribution in [0.1, 0.15) is 25.7 Å². The number of thiophene rings is 1. The van der Waals surface area contributed by atoms with Gasteiger partial charge < -0.3 is 5.32 Å². The Morgan fingerprint density at radius 3 is 2.68 bits per heavy atom. The van der Waals surface area contributed by atoms with Crippen molar-refractivity contribution in [2.24, 2.45) is 0 Å². The molecule has 2 heterocycles. The van der Waals surface area contributed by atoms with Crippen LogP contribution in [0, 0.1) is 0 Å². The van der Waals surface area contributed by atoms with Crippen LogP contribution in [0.3, 0.4) is 0 Å². The molecule has 22 heavy (non-hydrogen) atoms. The molecule has 0 aliphatic heterocycles. The third kappa shape index (κ3) is 2.57. The SMILES string of the molecule is Clc1ccsc1-c1nc(NC2CCCC2)c2ccccc2n1. The largest absolute Gasteiger partial charge is 0.367 e. The van der Waals surface area contributed by atoms with Gasteiger partial charge in [0.15, 0.2) is 5.82 Å². The Balaban J connectivity index is 1.83. The van der Waals surface area contributed by atoms with E-state index < -0.39 is 0 Å². The summed E-state index contributed by atoms with van der Waals surface area (Å²) in [5.74, 6) is 1.64. The van der Waals surface area contributed by atoms with Crippen molar-refractivity contribution in [3.63, 3.8) is 0 Å². The number of aromatic nitrogens is 2. The maximum absolute atomic E-state index is 6.26. The van der Waals surface area contributed by atoms with Crippen LogP contribution >= 0.6 is 22.9 Å². The number of hydrogen-bond donors (Lipinski definition) is 1. The van der Waals surface area contributed by atoms with E-state index >= 15 is 0 Å². The molecule has 4 rings (SSSR count). The Bertz CT molecular complexity index is 809. The fourth-order valence-corrected chi connectivity index (χ4v) is 4.08. The Kier molecular flexibility index (Phi) is 3.72. The smallest absolute Gasteiger partial charge is 0.173 e. The van der Waals surface area contributed by atoms with E-state index in [1.165, 1.54) is 25.7 Å². The minimum absolute atomic E-state index is 0.518. The van der Waals surface area contributed by atoms with Gasteiger partial charge in [-0.15, -0.1) is 11.3 Å². The quantitative estimate of drug-likeness (QED) is 0.702. The molecule has 3 aromatic rings. The number of hydrogen-bond acceptors (Lipinski definition) is 4. The van der Waals surface area contributed by atoms with E-state index in [9.17, 15) is 0 Å². The van der Waals surface area contributed by atoms with Gasteiger partial charge in [0.05, 0.1) is 15.4 Å². The van der Waals surface area contributed by atoms with Crippen molar-refractivity contribution in [3.05, 3.63) is 40.7 Å². The average molecular weight is 330 g/mol. The van der Waals surface area contributed by atoms with Crippen molar-refractivity contribution >= 4 is 39.7 Å². The molecular formula is C17H16ClN3S. The molecular weight excluding hydrogens is 314 g/mol. The first-order valence-electron chi connectivity index (χ1n) is 7.58. The molecule has 0 radical (unpaired) electrons. The van der Waals surface area contributed by atoms with E-state index in [1.54, 1.807) is 11.3 Å². The van der Waals surface area contributed by atoms with E-state index in [2.05, 4.69) is 16.4 Å². The van der Waals surface area contributed by atoms with Crippen LogP contribution in [0.25, 0.3) is 21.6 Å². The molecule has 1 aliphatic rings. The first-order chi connectivity index (χ1) is 10.8. The van der Waals surface area contributed by atoms with Gasteiger partial charge in [-0.25, -0.2) is 9.97 Å². The lowest BCUT2D eigenvalue weighted by molar-refractivity contribution is 0.752. The summed E-state index contributed by atoms with van der Waals surface area (Å²) < 4.78 is 0. The van der Waals surface area contributed by atoms with Gasteiger partial charge in [0, 0.05) is 11.4 Å². The predicted molar refractivity (Wildman–Crippen MR) is 93.7 cm³/mol. The Morgan fingerprint density at radius 2 is 1.91 bits per heavy atom. The maximum atomic E-state index is 6.26. The number of rotatable bonds is 3. The summed E-state index contributed by atoms with van der Waals surface area (Å²) >= 11 is 7.84. The first kappa shape index (κ1) is 14.0. The van der Waals surface area contributed by atoms with Gasteiger partial charge in [-0.2, -0.15) is 0 Å². The molecule has 3 nitrogen and oxygen atoms in total. The number of nitrogens with zero attached hydrogens (tertiary/aromatic N) is 2. The van der Waals surface area contributed by atoms with Gasteiger partial charge in [0.1, 0.15) is 5.82 Å². The summed E-state index contributed by atoms with van der Waals surface area (Å²) in [5.41, 5.74) is 0.956. The second kappa shape index (κ2) is 5.86. The number of nitrogens with one attached hydrogen (secondary N) is 1. The van der Waals surface area contributed by atoms with Gasteiger partial charge in [0.25, 0.3) is 0 Å². The van der Waals surface area contributed by atoms with E-state index in [0.29, 0.717) is 16.9 Å². The van der Waals surface area contributed by atoms with Crippen molar-refractivity contribution in [1.82, 2.24) is 9.97 Å². The van der Waals surface area contributed by atoms with Crippen LogP contribution in [0.5, 0.6) is 0 Å². The fourth-order valence-electron chi connectivity index (χ4n) is 3.00. The van der Waals surface area contributed by atoms with Crippen LogP contribution in [-0.4, -0.2) is 16.0 Å². The lowest BCUT2D eigenvalue weighted by Gasteiger charge is -2.15. The zero-order chi connectivity index (χ0) is 14.9. The summed E-state index contributed by atoms with van der Waals surface area (Å²) in [6.07, 6.45) is 5.02. The molecule has 0 saturated heterocycles. The molecule has 0 bridgehead atoms. The highest BCUT2D eigenvalue weighted by Crippen LogP contribution is 2.34. The average Bonchev–Trinajstić information content (AvgIpc) is 3.18. The number of benzene rings is 1. The second-order valence-electron chi connectivity index (χ2n) is 5.64. The zero-order valence-corrected chi connectivity index (χ0v) is 13.6. The van der Waals surface area contributed by atoms with E-state index in [1.807, 2.05) is 29.6 Å². The highest BCUT2D eigenvalue weighted by molar-refractivity contribution is 7.14. The summed E-state index contributed by atoms with van der Waals surface area (Å²) in [4.78, 5) is 10.4. The minimum atomic E-state index is 0.518. The predicted octanol–water partition coefficient (Wildman–Crippen LogP) is 5.37. The second-order valence-corrected chi connectivity index (χ2v) is 6.96. The monoisotopic (exact) mass is 329 g/mol. The third-order valence-corrected chi connectivity index (χ3v) is 5.46. The van der Waals surface area contributed by atoms with Crippen LogP contribution < -0.4 is 5.32 Å². The summed E-state index contributed by atoms with van der Waals surface area (Å²) in [6, 6.07) is 10.6. The Morgan fingerprint density at radius 1 is 1.09 bits per heavy atom. The summed E-state index contributed by atoms with van der Waals surface area (Å²) in [6.45, 7) is 0. The van der Waals surface area contributed by atoms with Crippen molar-refractivity contribution in [3.8, 4) is 10.7 Å². The van der Waals surface area contributed by atoms with E-state index in [-0.39, 0.29) is 0 Å². The molecule has 1 saturated carbocycles. The van der Waals surface area contributed by atoms with Crippen LogP contribution in [0.4, 0.5) is 5.82 Å². The van der Waals surface area contributed by atoms with Crippen molar-refractivity contribution in [2.75, 3.05) is 5.32 Å². The van der Waals surface area contributed by atoms with Crippen molar-refractivity contribution in [1.29, 1.82) is 0 Å². The van der Waals surface area contributed by atoms with Crippen LogP contribution in [-0.2, 0) is 0 Å². The highest BCUT2D eigenvalue weighted by Gasteiger charge is 2.18. The molecule has 0 atom stereocenters. The molecule has 1 fully saturated rings. The van der Waals surface area contributed by atoms with E-state index in [4.69, 9.17) is 16.6 Å². The zero-order valence-electron chi connectivity index (χ0n) is 12.1. The van der Waals surface area contributed by atoms with Gasteiger partial charge in [0.2, 0.25) is 0 Å².